The lowest BCUT2D eigenvalue weighted by atomic mass is 10.0. The fraction of sp³-hybridized carbons (Fsp3) is 0.474. The average Bonchev–Trinajstić information content (AvgIpc) is 3.17. The van der Waals surface area contributed by atoms with Gasteiger partial charge in [-0.2, -0.15) is 17.5 Å². The Bertz CT molecular complexity index is 1010. The highest BCUT2D eigenvalue weighted by Crippen LogP contribution is 2.33. The van der Waals surface area contributed by atoms with E-state index in [4.69, 9.17) is 0 Å². The van der Waals surface area contributed by atoms with Crippen LogP contribution in [0.2, 0.25) is 0 Å². The Kier molecular flexibility index (Phi) is 6.54. The first kappa shape index (κ1) is 22.7. The minimum atomic E-state index is -4.45. The van der Waals surface area contributed by atoms with Gasteiger partial charge in [-0.3, -0.25) is 4.79 Å². The molecule has 3 rings (SSSR count). The molecule has 30 heavy (non-hydrogen) atoms. The van der Waals surface area contributed by atoms with E-state index in [0.717, 1.165) is 23.5 Å². The Balaban J connectivity index is 1.69. The predicted molar refractivity (Wildman–Crippen MR) is 109 cm³/mol. The third-order valence-corrected chi connectivity index (χ3v) is 7.36. The molecule has 0 N–H and O–H groups in total. The van der Waals surface area contributed by atoms with Gasteiger partial charge in [0.1, 0.15) is 10.7 Å². The summed E-state index contributed by atoms with van der Waals surface area (Å²) in [7, 11) is -3.31. The number of piperidine rings is 1. The number of rotatable bonds is 5. The second-order valence-corrected chi connectivity index (χ2v) is 9.90. The van der Waals surface area contributed by atoms with Crippen LogP contribution in [0.15, 0.2) is 29.6 Å². The summed E-state index contributed by atoms with van der Waals surface area (Å²) in [6, 6.07) is 4.70. The van der Waals surface area contributed by atoms with Gasteiger partial charge in [-0.15, -0.1) is 11.3 Å². The van der Waals surface area contributed by atoms with Crippen LogP contribution in [0.3, 0.4) is 0 Å². The maximum Gasteiger partial charge on any atom is 0.416 e. The van der Waals surface area contributed by atoms with E-state index in [9.17, 15) is 26.4 Å². The van der Waals surface area contributed by atoms with Crippen molar-refractivity contribution >= 4 is 27.3 Å². The number of halogens is 3. The highest BCUT2D eigenvalue weighted by molar-refractivity contribution is 7.88. The van der Waals surface area contributed by atoms with E-state index in [1.165, 1.54) is 22.7 Å². The Morgan fingerprint density at radius 1 is 1.30 bits per heavy atom. The molecule has 1 aromatic heterocycles. The van der Waals surface area contributed by atoms with Crippen LogP contribution in [0.4, 0.5) is 13.2 Å². The average molecular weight is 462 g/mol. The molecule has 0 aliphatic carbocycles. The number of carbonyl (C=O) groups is 1. The summed E-state index contributed by atoms with van der Waals surface area (Å²) in [5, 5.41) is 1.88. The molecule has 2 heterocycles. The Morgan fingerprint density at radius 2 is 1.97 bits per heavy atom. The number of sulfonamides is 1. The number of likely N-dealkylation sites (tertiary alicyclic amines) is 1. The summed E-state index contributed by atoms with van der Waals surface area (Å²) >= 11 is 1.11. The molecular weight excluding hydrogens is 439 g/mol. The highest BCUT2D eigenvalue weighted by Gasteiger charge is 2.32. The summed E-state index contributed by atoms with van der Waals surface area (Å²) in [5.74, 6) is -0.301. The van der Waals surface area contributed by atoms with Crippen molar-refractivity contribution in [3.63, 3.8) is 0 Å². The van der Waals surface area contributed by atoms with Gasteiger partial charge in [0.25, 0.3) is 5.91 Å². The van der Waals surface area contributed by atoms with E-state index in [0.29, 0.717) is 43.0 Å². The van der Waals surface area contributed by atoms with Gasteiger partial charge >= 0.3 is 6.18 Å². The normalized spacial score (nSPS) is 16.3. The van der Waals surface area contributed by atoms with Crippen LogP contribution in [0.1, 0.15) is 35.8 Å². The molecule has 1 aliphatic heterocycles. The van der Waals surface area contributed by atoms with Crippen molar-refractivity contribution in [3.05, 3.63) is 40.9 Å². The van der Waals surface area contributed by atoms with Crippen LogP contribution in [0.25, 0.3) is 10.6 Å². The zero-order valence-corrected chi connectivity index (χ0v) is 18.1. The van der Waals surface area contributed by atoms with Gasteiger partial charge in [0.15, 0.2) is 0 Å². The van der Waals surface area contributed by atoms with E-state index in [2.05, 4.69) is 4.98 Å². The number of nitrogens with zero attached hydrogens (tertiary/aromatic N) is 3. The molecule has 1 aliphatic rings. The number of hydrogen-bond donors (Lipinski definition) is 0. The van der Waals surface area contributed by atoms with Crippen LogP contribution in [-0.4, -0.2) is 60.4 Å². The summed E-state index contributed by atoms with van der Waals surface area (Å²) in [4.78, 5) is 18.6. The maximum atomic E-state index is 12.9. The van der Waals surface area contributed by atoms with Gasteiger partial charge in [-0.05, 0) is 25.0 Å². The van der Waals surface area contributed by atoms with Gasteiger partial charge in [0, 0.05) is 36.6 Å². The number of carbonyl (C=O) groups excluding carboxylic acids is 1. The van der Waals surface area contributed by atoms with Crippen molar-refractivity contribution in [2.45, 2.75) is 32.0 Å². The highest BCUT2D eigenvalue weighted by atomic mass is 32.2. The Morgan fingerprint density at radius 3 is 2.53 bits per heavy atom. The van der Waals surface area contributed by atoms with Crippen molar-refractivity contribution in [2.75, 3.05) is 25.9 Å². The smallest absolute Gasteiger partial charge is 0.337 e. The van der Waals surface area contributed by atoms with Gasteiger partial charge in [0.05, 0.1) is 11.8 Å². The third-order valence-electron chi connectivity index (χ3n) is 5.06. The first-order chi connectivity index (χ1) is 14.0. The number of amides is 1. The van der Waals surface area contributed by atoms with Gasteiger partial charge in [0.2, 0.25) is 10.0 Å². The first-order valence-electron chi connectivity index (χ1n) is 9.40. The zero-order chi connectivity index (χ0) is 22.1. The van der Waals surface area contributed by atoms with Crippen LogP contribution < -0.4 is 0 Å². The molecule has 0 radical (unpaired) electrons. The molecule has 164 valence electrons. The molecule has 0 atom stereocenters. The lowest BCUT2D eigenvalue weighted by molar-refractivity contribution is -0.137. The molecule has 2 aromatic rings. The maximum absolute atomic E-state index is 12.9. The third kappa shape index (κ3) is 5.01. The number of alkyl halides is 3. The molecule has 6 nitrogen and oxygen atoms in total. The molecule has 1 saturated heterocycles. The number of thiazole rings is 1. The fourth-order valence-electron chi connectivity index (χ4n) is 3.62. The van der Waals surface area contributed by atoms with Crippen LogP contribution in [0, 0.1) is 0 Å². The van der Waals surface area contributed by atoms with Crippen molar-refractivity contribution in [3.8, 4) is 10.6 Å². The minimum absolute atomic E-state index is 0.148. The second-order valence-electron chi connectivity index (χ2n) is 7.11. The summed E-state index contributed by atoms with van der Waals surface area (Å²) in [6.45, 7) is 2.95. The molecule has 0 bridgehead atoms. The van der Waals surface area contributed by atoms with Crippen LogP contribution in [-0.2, 0) is 16.2 Å². The first-order valence-corrected chi connectivity index (χ1v) is 12.1. The zero-order valence-electron chi connectivity index (χ0n) is 16.5. The van der Waals surface area contributed by atoms with E-state index in [1.807, 2.05) is 0 Å². The molecule has 0 spiro atoms. The summed E-state index contributed by atoms with van der Waals surface area (Å²) in [5.41, 5.74) is -0.280. The second kappa shape index (κ2) is 8.64. The van der Waals surface area contributed by atoms with Crippen molar-refractivity contribution in [1.29, 1.82) is 0 Å². The van der Waals surface area contributed by atoms with Crippen molar-refractivity contribution in [2.24, 2.45) is 0 Å². The lowest BCUT2D eigenvalue weighted by Crippen LogP contribution is -2.48. The number of benzene rings is 1. The predicted octanol–water partition coefficient (Wildman–Crippen LogP) is 3.72. The van der Waals surface area contributed by atoms with Gasteiger partial charge in [-0.25, -0.2) is 13.4 Å². The Hall–Kier alpha value is -1.98. The Labute approximate surface area is 177 Å². The van der Waals surface area contributed by atoms with Crippen molar-refractivity contribution < 1.29 is 26.4 Å². The SMILES string of the molecule is CCN(C1CCN(C(=O)c2csc(-c3cccc(C(F)(F)F)c3)n2)CC1)S(C)(=O)=O. The molecule has 11 heteroatoms. The number of hydrogen-bond acceptors (Lipinski definition) is 5. The van der Waals surface area contributed by atoms with E-state index < -0.39 is 21.8 Å². The van der Waals surface area contributed by atoms with Gasteiger partial charge < -0.3 is 4.90 Å². The van der Waals surface area contributed by atoms with E-state index in [1.54, 1.807) is 17.2 Å². The van der Waals surface area contributed by atoms with Crippen LogP contribution >= 0.6 is 11.3 Å². The quantitative estimate of drug-likeness (QED) is 0.681. The molecule has 1 aromatic carbocycles. The minimum Gasteiger partial charge on any atom is -0.337 e. The molecule has 0 unspecified atom stereocenters. The van der Waals surface area contributed by atoms with Crippen LogP contribution in [0.5, 0.6) is 0 Å². The summed E-state index contributed by atoms with van der Waals surface area (Å²) < 4.78 is 64.0. The topological polar surface area (TPSA) is 70.6 Å². The van der Waals surface area contributed by atoms with Gasteiger partial charge in [-0.1, -0.05) is 19.1 Å². The fourth-order valence-corrected chi connectivity index (χ4v) is 5.63. The lowest BCUT2D eigenvalue weighted by Gasteiger charge is -2.36. The number of aromatic nitrogens is 1. The molecule has 1 fully saturated rings. The standard InChI is InChI=1S/C19H22F3N3O3S2/c1-3-25(30(2,27)28)15-7-9-24(10-8-15)18(26)16-12-29-17(23-16)13-5-4-6-14(11-13)19(20,21)22/h4-6,11-12,15H,3,7-10H2,1-2H3. The summed E-state index contributed by atoms with van der Waals surface area (Å²) in [6.07, 6.45) is -2.22. The largest absolute Gasteiger partial charge is 0.416 e. The monoisotopic (exact) mass is 461 g/mol. The molecule has 0 saturated carbocycles. The van der Waals surface area contributed by atoms with E-state index in [-0.39, 0.29) is 17.6 Å². The van der Waals surface area contributed by atoms with Crippen molar-refractivity contribution in [1.82, 2.24) is 14.2 Å². The molecule has 1 amide bonds. The molecular formula is C19H22F3N3O3S2. The van der Waals surface area contributed by atoms with E-state index >= 15 is 0 Å².